The minimum atomic E-state index is -4.39. The SMILES string of the molecule is CS(=O)(=O)Nc1ccc2c(c1)S(=O)(=O)N=C(c1c(O)c(-c3cccs3)nn(Cc3ccccn3)c1=O)N2. The number of sulfonamides is 2. The first kappa shape index (κ1) is 24.6. The molecule has 0 bridgehead atoms. The van der Waals surface area contributed by atoms with Gasteiger partial charge in [-0.3, -0.25) is 14.5 Å². The van der Waals surface area contributed by atoms with E-state index in [9.17, 15) is 26.7 Å². The molecule has 1 aromatic carbocycles. The Balaban J connectivity index is 1.66. The van der Waals surface area contributed by atoms with E-state index in [1.54, 1.807) is 41.9 Å². The van der Waals surface area contributed by atoms with Crippen molar-refractivity contribution in [2.24, 2.45) is 4.40 Å². The smallest absolute Gasteiger partial charge is 0.286 e. The van der Waals surface area contributed by atoms with Crippen LogP contribution in [-0.4, -0.2) is 48.8 Å². The fourth-order valence-electron chi connectivity index (χ4n) is 3.65. The average molecular weight is 559 g/mol. The molecule has 1 aliphatic rings. The lowest BCUT2D eigenvalue weighted by Crippen LogP contribution is -2.34. The summed E-state index contributed by atoms with van der Waals surface area (Å²) in [5, 5.41) is 20.0. The van der Waals surface area contributed by atoms with Gasteiger partial charge < -0.3 is 10.4 Å². The number of fused-ring (bicyclic) bond motifs is 1. The third kappa shape index (κ3) is 4.96. The van der Waals surface area contributed by atoms with Crippen molar-refractivity contribution in [2.45, 2.75) is 11.4 Å². The van der Waals surface area contributed by atoms with Crippen LogP contribution in [-0.2, 0) is 26.6 Å². The molecule has 3 N–H and O–H groups in total. The molecular weight excluding hydrogens is 540 g/mol. The van der Waals surface area contributed by atoms with Crippen LogP contribution in [0.3, 0.4) is 0 Å². The zero-order valence-electron chi connectivity index (χ0n) is 19.0. The van der Waals surface area contributed by atoms with Crippen molar-refractivity contribution in [1.82, 2.24) is 14.8 Å². The van der Waals surface area contributed by atoms with Gasteiger partial charge in [0.2, 0.25) is 10.0 Å². The Hall–Kier alpha value is -4.08. The standard InChI is InChI=1S/C22H18N6O6S3/c1-36(31,32)26-13-7-8-15-17(11-13)37(33,34)27-21(24-15)18-20(29)19(16-6-4-10-35-16)25-28(22(18)30)12-14-5-2-3-9-23-14/h2-11,26,29H,12H2,1H3,(H,24,27). The predicted octanol–water partition coefficient (Wildman–Crippen LogP) is 2.05. The number of nitrogens with one attached hydrogen (secondary N) is 2. The first-order chi connectivity index (χ1) is 17.5. The predicted molar refractivity (Wildman–Crippen MR) is 139 cm³/mol. The Kier molecular flexibility index (Phi) is 6.05. The summed E-state index contributed by atoms with van der Waals surface area (Å²) in [6, 6.07) is 12.4. The lowest BCUT2D eigenvalue weighted by molar-refractivity contribution is 0.464. The van der Waals surface area contributed by atoms with Crippen LogP contribution in [0.4, 0.5) is 11.4 Å². The molecule has 1 aliphatic heterocycles. The van der Waals surface area contributed by atoms with Crippen LogP contribution in [0.1, 0.15) is 11.3 Å². The number of rotatable bonds is 6. The number of aromatic hydroxyl groups is 1. The Morgan fingerprint density at radius 1 is 1.16 bits per heavy atom. The summed E-state index contributed by atoms with van der Waals surface area (Å²) < 4.78 is 56.3. The maximum absolute atomic E-state index is 13.5. The van der Waals surface area contributed by atoms with E-state index < -0.39 is 37.2 Å². The second-order valence-electron chi connectivity index (χ2n) is 7.96. The number of thiophene rings is 1. The Morgan fingerprint density at radius 2 is 1.97 bits per heavy atom. The third-order valence-electron chi connectivity index (χ3n) is 5.19. The first-order valence-electron chi connectivity index (χ1n) is 10.5. The zero-order chi connectivity index (χ0) is 26.4. The van der Waals surface area contributed by atoms with E-state index in [4.69, 9.17) is 0 Å². The number of anilines is 2. The maximum atomic E-state index is 13.5. The van der Waals surface area contributed by atoms with E-state index in [0.29, 0.717) is 10.6 Å². The maximum Gasteiger partial charge on any atom is 0.286 e. The lowest BCUT2D eigenvalue weighted by Gasteiger charge is -2.20. The minimum absolute atomic E-state index is 0.0229. The molecule has 0 saturated carbocycles. The number of nitrogens with zero attached hydrogens (tertiary/aromatic N) is 4. The van der Waals surface area contributed by atoms with Gasteiger partial charge in [-0.05, 0) is 41.8 Å². The van der Waals surface area contributed by atoms with Crippen molar-refractivity contribution in [2.75, 3.05) is 16.3 Å². The van der Waals surface area contributed by atoms with Crippen molar-refractivity contribution in [3.63, 3.8) is 0 Å². The van der Waals surface area contributed by atoms with E-state index in [-0.39, 0.29) is 34.1 Å². The molecule has 37 heavy (non-hydrogen) atoms. The van der Waals surface area contributed by atoms with E-state index in [0.717, 1.165) is 17.0 Å². The Bertz CT molecular complexity index is 1820. The van der Waals surface area contributed by atoms with Crippen molar-refractivity contribution >= 4 is 48.6 Å². The molecule has 12 nitrogen and oxygen atoms in total. The highest BCUT2D eigenvalue weighted by Crippen LogP contribution is 2.35. The van der Waals surface area contributed by atoms with Gasteiger partial charge in [0, 0.05) is 11.9 Å². The molecule has 4 heterocycles. The molecule has 0 saturated heterocycles. The fraction of sp³-hybridized carbons (Fsp3) is 0.0909. The minimum Gasteiger partial charge on any atom is -0.505 e. The molecule has 4 aromatic rings. The first-order valence-corrected chi connectivity index (χ1v) is 14.7. The number of aromatic nitrogens is 3. The normalized spacial score (nSPS) is 14.4. The molecule has 190 valence electrons. The second kappa shape index (κ2) is 9.10. The van der Waals surface area contributed by atoms with E-state index in [1.807, 2.05) is 0 Å². The van der Waals surface area contributed by atoms with Gasteiger partial charge >= 0.3 is 0 Å². The molecular formula is C22H18N6O6S3. The highest BCUT2D eigenvalue weighted by atomic mass is 32.2. The molecule has 15 heteroatoms. The average Bonchev–Trinajstić information content (AvgIpc) is 3.35. The van der Waals surface area contributed by atoms with Crippen LogP contribution in [0.15, 0.2) is 74.2 Å². The summed E-state index contributed by atoms with van der Waals surface area (Å²) in [4.78, 5) is 17.9. The number of pyridine rings is 1. The van der Waals surface area contributed by atoms with Gasteiger partial charge in [0.1, 0.15) is 16.2 Å². The topological polar surface area (TPSA) is 173 Å². The van der Waals surface area contributed by atoms with Crippen LogP contribution >= 0.6 is 11.3 Å². The van der Waals surface area contributed by atoms with Crippen molar-refractivity contribution in [1.29, 1.82) is 0 Å². The number of hydrogen-bond acceptors (Lipinski definition) is 10. The quantitative estimate of drug-likeness (QED) is 0.320. The second-order valence-corrected chi connectivity index (χ2v) is 12.2. The van der Waals surface area contributed by atoms with Gasteiger partial charge in [-0.2, -0.15) is 13.5 Å². The van der Waals surface area contributed by atoms with Crippen LogP contribution in [0.2, 0.25) is 0 Å². The zero-order valence-corrected chi connectivity index (χ0v) is 21.4. The van der Waals surface area contributed by atoms with E-state index >= 15 is 0 Å². The highest BCUT2D eigenvalue weighted by Gasteiger charge is 2.31. The van der Waals surface area contributed by atoms with Gasteiger partial charge in [0.05, 0.1) is 29.1 Å². The molecule has 5 rings (SSSR count). The molecule has 3 aromatic heterocycles. The van der Waals surface area contributed by atoms with Crippen molar-refractivity contribution in [3.05, 3.63) is 81.7 Å². The third-order valence-corrected chi connectivity index (χ3v) is 7.99. The summed E-state index contributed by atoms with van der Waals surface area (Å²) in [5.41, 5.74) is -0.511. The van der Waals surface area contributed by atoms with Gasteiger partial charge in [0.15, 0.2) is 11.6 Å². The molecule has 0 atom stereocenters. The molecule has 0 radical (unpaired) electrons. The molecule has 0 aliphatic carbocycles. The highest BCUT2D eigenvalue weighted by molar-refractivity contribution is 7.92. The molecule has 0 amide bonds. The molecule has 0 fully saturated rings. The largest absolute Gasteiger partial charge is 0.505 e. The van der Waals surface area contributed by atoms with Gasteiger partial charge in [-0.1, -0.05) is 12.1 Å². The monoisotopic (exact) mass is 558 g/mol. The lowest BCUT2D eigenvalue weighted by atomic mass is 10.1. The summed E-state index contributed by atoms with van der Waals surface area (Å²) in [6.07, 6.45) is 2.49. The molecule has 0 unspecified atom stereocenters. The van der Waals surface area contributed by atoms with Crippen molar-refractivity contribution in [3.8, 4) is 16.3 Å². The van der Waals surface area contributed by atoms with Gasteiger partial charge in [-0.15, -0.1) is 15.7 Å². The van der Waals surface area contributed by atoms with E-state index in [1.165, 1.54) is 23.5 Å². The van der Waals surface area contributed by atoms with Crippen LogP contribution in [0.25, 0.3) is 10.6 Å². The van der Waals surface area contributed by atoms with Crippen LogP contribution in [0, 0.1) is 0 Å². The number of amidine groups is 1. The Morgan fingerprint density at radius 3 is 2.65 bits per heavy atom. The van der Waals surface area contributed by atoms with Crippen LogP contribution in [0.5, 0.6) is 5.75 Å². The van der Waals surface area contributed by atoms with Crippen LogP contribution < -0.4 is 15.6 Å². The summed E-state index contributed by atoms with van der Waals surface area (Å²) >= 11 is 1.27. The summed E-state index contributed by atoms with van der Waals surface area (Å²) in [5.74, 6) is -0.932. The summed E-state index contributed by atoms with van der Waals surface area (Å²) in [6.45, 7) is -0.0392. The Labute approximate surface area is 215 Å². The number of hydrogen-bond donors (Lipinski definition) is 3. The van der Waals surface area contributed by atoms with Crippen molar-refractivity contribution < 1.29 is 21.9 Å². The number of benzene rings is 1. The molecule has 0 spiro atoms. The van der Waals surface area contributed by atoms with E-state index in [2.05, 4.69) is 24.5 Å². The fourth-order valence-corrected chi connectivity index (χ4v) is 6.07. The van der Waals surface area contributed by atoms with Gasteiger partial charge in [0.25, 0.3) is 15.6 Å². The summed E-state index contributed by atoms with van der Waals surface area (Å²) in [7, 11) is -8.04. The van der Waals surface area contributed by atoms with Gasteiger partial charge in [-0.25, -0.2) is 13.1 Å².